The SMILES string of the molecule is O[C@]1(C(F)(F)F)[C@@H]2CCCCCC2=NN1c1nc(-c2ccccn2)cs1. The summed E-state index contributed by atoms with van der Waals surface area (Å²) in [5.41, 5.74) is -1.61. The Balaban J connectivity index is 1.76. The van der Waals surface area contributed by atoms with E-state index in [4.69, 9.17) is 0 Å². The molecule has 1 saturated carbocycles. The highest BCUT2D eigenvalue weighted by molar-refractivity contribution is 7.14. The molecule has 2 aromatic rings. The van der Waals surface area contributed by atoms with Crippen LogP contribution in [0.3, 0.4) is 0 Å². The standard InChI is InChI=1S/C17H17F3N4OS/c18-17(19,20)16(25)11-6-2-1-3-7-12(11)23-24(16)15-22-14(10-26-15)13-8-4-5-9-21-13/h4-5,8-11,25H,1-3,6-7H2/t11-,16+/m1/s1. The Kier molecular flexibility index (Phi) is 4.23. The normalized spacial score (nSPS) is 26.4. The number of hydrazone groups is 1. The van der Waals surface area contributed by atoms with Gasteiger partial charge in [-0.2, -0.15) is 23.3 Å². The molecule has 0 amide bonds. The van der Waals surface area contributed by atoms with Crippen LogP contribution in [0.5, 0.6) is 0 Å². The Morgan fingerprint density at radius 1 is 1.19 bits per heavy atom. The monoisotopic (exact) mass is 382 g/mol. The summed E-state index contributed by atoms with van der Waals surface area (Å²) in [6, 6.07) is 5.26. The number of alkyl halides is 3. The smallest absolute Gasteiger partial charge is 0.362 e. The van der Waals surface area contributed by atoms with E-state index in [9.17, 15) is 18.3 Å². The molecule has 3 heterocycles. The van der Waals surface area contributed by atoms with Gasteiger partial charge in [0.25, 0.3) is 5.72 Å². The second-order valence-corrected chi connectivity index (χ2v) is 7.35. The van der Waals surface area contributed by atoms with Crippen LogP contribution in [0.4, 0.5) is 18.3 Å². The lowest BCUT2D eigenvalue weighted by molar-refractivity contribution is -0.268. The van der Waals surface area contributed by atoms with Crippen LogP contribution >= 0.6 is 11.3 Å². The van der Waals surface area contributed by atoms with Gasteiger partial charge in [-0.25, -0.2) is 4.98 Å². The van der Waals surface area contributed by atoms with Gasteiger partial charge in [-0.15, -0.1) is 11.3 Å². The van der Waals surface area contributed by atoms with Gasteiger partial charge in [-0.3, -0.25) is 4.98 Å². The van der Waals surface area contributed by atoms with Crippen molar-refractivity contribution >= 4 is 22.2 Å². The predicted molar refractivity (Wildman–Crippen MR) is 92.8 cm³/mol. The van der Waals surface area contributed by atoms with Gasteiger partial charge in [0.2, 0.25) is 5.13 Å². The molecule has 5 nitrogen and oxygen atoms in total. The highest BCUT2D eigenvalue weighted by Gasteiger charge is 2.67. The second-order valence-electron chi connectivity index (χ2n) is 6.51. The first-order valence-electron chi connectivity index (χ1n) is 8.45. The van der Waals surface area contributed by atoms with E-state index in [1.54, 1.807) is 29.8 Å². The van der Waals surface area contributed by atoms with Crippen molar-refractivity contribution in [1.82, 2.24) is 9.97 Å². The first-order chi connectivity index (χ1) is 12.4. The molecule has 26 heavy (non-hydrogen) atoms. The van der Waals surface area contributed by atoms with Crippen LogP contribution in [0, 0.1) is 5.92 Å². The summed E-state index contributed by atoms with van der Waals surface area (Å²) in [6.07, 6.45) is -0.230. The number of aromatic nitrogens is 2. The Hall–Kier alpha value is -2.00. The van der Waals surface area contributed by atoms with Crippen LogP contribution in [0.2, 0.25) is 0 Å². The third kappa shape index (κ3) is 2.69. The number of fused-ring (bicyclic) bond motifs is 1. The number of nitrogens with zero attached hydrogens (tertiary/aromatic N) is 4. The van der Waals surface area contributed by atoms with Gasteiger partial charge in [0, 0.05) is 17.3 Å². The number of aliphatic hydroxyl groups is 1. The van der Waals surface area contributed by atoms with Crippen LogP contribution < -0.4 is 5.01 Å². The van der Waals surface area contributed by atoms with Crippen molar-refractivity contribution < 1.29 is 18.3 Å². The summed E-state index contributed by atoms with van der Waals surface area (Å²) >= 11 is 1.02. The number of hydrogen-bond donors (Lipinski definition) is 1. The molecule has 0 spiro atoms. The first kappa shape index (κ1) is 17.4. The van der Waals surface area contributed by atoms with Crippen LogP contribution in [-0.4, -0.2) is 32.7 Å². The van der Waals surface area contributed by atoms with Gasteiger partial charge in [0.1, 0.15) is 5.69 Å². The fraction of sp³-hybridized carbons (Fsp3) is 0.471. The molecule has 0 saturated heterocycles. The van der Waals surface area contributed by atoms with E-state index in [2.05, 4.69) is 15.1 Å². The molecule has 0 radical (unpaired) electrons. The summed E-state index contributed by atoms with van der Waals surface area (Å²) in [5.74, 6) is -1.05. The van der Waals surface area contributed by atoms with Crippen LogP contribution in [0.25, 0.3) is 11.4 Å². The van der Waals surface area contributed by atoms with Gasteiger partial charge < -0.3 is 5.11 Å². The molecule has 0 aromatic carbocycles. The molecule has 1 aliphatic heterocycles. The third-order valence-corrected chi connectivity index (χ3v) is 5.70. The van der Waals surface area contributed by atoms with E-state index < -0.39 is 17.8 Å². The number of rotatable bonds is 2. The molecule has 1 aliphatic carbocycles. The summed E-state index contributed by atoms with van der Waals surface area (Å²) in [7, 11) is 0. The molecule has 1 N–H and O–H groups in total. The van der Waals surface area contributed by atoms with Gasteiger partial charge in [-0.1, -0.05) is 18.9 Å². The number of hydrogen-bond acceptors (Lipinski definition) is 6. The minimum atomic E-state index is -4.84. The lowest BCUT2D eigenvalue weighted by Gasteiger charge is -2.37. The summed E-state index contributed by atoms with van der Waals surface area (Å²) < 4.78 is 41.7. The highest BCUT2D eigenvalue weighted by Crippen LogP contribution is 2.49. The highest BCUT2D eigenvalue weighted by atomic mass is 32.1. The van der Waals surface area contributed by atoms with E-state index in [1.807, 2.05) is 0 Å². The molecule has 9 heteroatoms. The van der Waals surface area contributed by atoms with Crippen molar-refractivity contribution in [2.45, 2.75) is 44.0 Å². The number of halogens is 3. The minimum Gasteiger partial charge on any atom is -0.362 e. The van der Waals surface area contributed by atoms with Crippen molar-refractivity contribution in [1.29, 1.82) is 0 Å². The van der Waals surface area contributed by atoms with Crippen LogP contribution in [0.1, 0.15) is 32.1 Å². The topological polar surface area (TPSA) is 61.6 Å². The van der Waals surface area contributed by atoms with Crippen molar-refractivity contribution in [3.8, 4) is 11.4 Å². The summed E-state index contributed by atoms with van der Waals surface area (Å²) in [6.45, 7) is 0. The van der Waals surface area contributed by atoms with Crippen molar-refractivity contribution in [2.24, 2.45) is 11.0 Å². The molecule has 2 aliphatic rings. The fourth-order valence-electron chi connectivity index (χ4n) is 3.58. The number of anilines is 1. The second kappa shape index (κ2) is 6.31. The molecular formula is C17H17F3N4OS. The van der Waals surface area contributed by atoms with E-state index in [0.29, 0.717) is 35.0 Å². The number of pyridine rings is 1. The zero-order valence-corrected chi connectivity index (χ0v) is 14.6. The maximum Gasteiger partial charge on any atom is 0.439 e. The van der Waals surface area contributed by atoms with Gasteiger partial charge in [0.05, 0.1) is 11.6 Å². The first-order valence-corrected chi connectivity index (χ1v) is 9.33. The van der Waals surface area contributed by atoms with Crippen molar-refractivity contribution in [2.75, 3.05) is 5.01 Å². The fourth-order valence-corrected chi connectivity index (χ4v) is 4.40. The lowest BCUT2D eigenvalue weighted by atomic mass is 9.87. The largest absolute Gasteiger partial charge is 0.439 e. The maximum atomic E-state index is 13.9. The van der Waals surface area contributed by atoms with E-state index in [1.165, 1.54) is 0 Å². The zero-order chi connectivity index (χ0) is 18.4. The Morgan fingerprint density at radius 3 is 2.77 bits per heavy atom. The summed E-state index contributed by atoms with van der Waals surface area (Å²) in [5, 5.41) is 17.3. The minimum absolute atomic E-state index is 0.0195. The molecule has 4 rings (SSSR count). The van der Waals surface area contributed by atoms with Crippen LogP contribution in [0.15, 0.2) is 34.9 Å². The maximum absolute atomic E-state index is 13.9. The Morgan fingerprint density at radius 2 is 2.04 bits per heavy atom. The number of thiazole rings is 1. The van der Waals surface area contributed by atoms with Crippen molar-refractivity contribution in [3.63, 3.8) is 0 Å². The van der Waals surface area contributed by atoms with E-state index in [-0.39, 0.29) is 11.6 Å². The Bertz CT molecular complexity index is 823. The molecule has 2 atom stereocenters. The van der Waals surface area contributed by atoms with Crippen molar-refractivity contribution in [3.05, 3.63) is 29.8 Å². The van der Waals surface area contributed by atoms with Gasteiger partial charge in [0.15, 0.2) is 0 Å². The predicted octanol–water partition coefficient (Wildman–Crippen LogP) is 4.21. The molecule has 0 unspecified atom stereocenters. The quantitative estimate of drug-likeness (QED) is 0.845. The molecule has 138 valence electrons. The third-order valence-electron chi connectivity index (χ3n) is 4.88. The average molecular weight is 382 g/mol. The van der Waals surface area contributed by atoms with Crippen LogP contribution in [-0.2, 0) is 0 Å². The molecule has 1 fully saturated rings. The van der Waals surface area contributed by atoms with Gasteiger partial charge >= 0.3 is 6.18 Å². The van der Waals surface area contributed by atoms with Gasteiger partial charge in [-0.05, 0) is 31.4 Å². The van der Waals surface area contributed by atoms with E-state index >= 15 is 0 Å². The average Bonchev–Trinajstić information content (AvgIpc) is 3.12. The molecular weight excluding hydrogens is 365 g/mol. The Labute approximate surface area is 152 Å². The summed E-state index contributed by atoms with van der Waals surface area (Å²) in [4.78, 5) is 8.43. The lowest BCUT2D eigenvalue weighted by Crippen LogP contribution is -2.60. The van der Waals surface area contributed by atoms with E-state index in [0.717, 1.165) is 24.2 Å². The zero-order valence-electron chi connectivity index (χ0n) is 13.8. The molecule has 2 aromatic heterocycles. The molecule has 0 bridgehead atoms.